The molecule has 1 saturated carbocycles. The van der Waals surface area contributed by atoms with Gasteiger partial charge in [-0.3, -0.25) is 9.59 Å². The molecule has 0 radical (unpaired) electrons. The largest absolute Gasteiger partial charge is 0.469 e. The summed E-state index contributed by atoms with van der Waals surface area (Å²) in [6, 6.07) is 0. The highest BCUT2D eigenvalue weighted by molar-refractivity contribution is 5.78. The highest BCUT2D eigenvalue weighted by Crippen LogP contribution is 2.27. The van der Waals surface area contributed by atoms with Crippen molar-refractivity contribution < 1.29 is 19.1 Å². The molecule has 0 aliphatic heterocycles. The monoisotopic (exact) mass is 327 g/mol. The highest BCUT2D eigenvalue weighted by Gasteiger charge is 2.24. The second-order valence-corrected chi connectivity index (χ2v) is 6.52. The summed E-state index contributed by atoms with van der Waals surface area (Å²) in [6.45, 7) is 6.20. The molecule has 0 aromatic carbocycles. The second-order valence-electron chi connectivity index (χ2n) is 6.52. The van der Waals surface area contributed by atoms with E-state index in [4.69, 9.17) is 9.47 Å². The summed E-state index contributed by atoms with van der Waals surface area (Å²) in [6.07, 6.45) is 7.50. The summed E-state index contributed by atoms with van der Waals surface area (Å²) < 4.78 is 10.1. The first-order chi connectivity index (χ1) is 11.1. The van der Waals surface area contributed by atoms with Gasteiger partial charge in [-0.25, -0.2) is 0 Å². The number of nitrogens with zero attached hydrogens (tertiary/aromatic N) is 1. The van der Waals surface area contributed by atoms with Gasteiger partial charge in [0.1, 0.15) is 0 Å². The van der Waals surface area contributed by atoms with E-state index in [2.05, 4.69) is 0 Å². The fourth-order valence-electron chi connectivity index (χ4n) is 3.19. The van der Waals surface area contributed by atoms with Crippen molar-refractivity contribution in [2.24, 2.45) is 11.8 Å². The Balaban J connectivity index is 2.52. The number of methoxy groups -OCH3 is 1. The maximum absolute atomic E-state index is 12.7. The van der Waals surface area contributed by atoms with E-state index in [9.17, 15) is 9.59 Å². The van der Waals surface area contributed by atoms with Crippen molar-refractivity contribution in [2.45, 2.75) is 58.8 Å². The summed E-state index contributed by atoms with van der Waals surface area (Å²) in [5.41, 5.74) is 0. The number of hydrogen-bond acceptors (Lipinski definition) is 4. The lowest BCUT2D eigenvalue weighted by atomic mass is 9.86. The topological polar surface area (TPSA) is 55.8 Å². The van der Waals surface area contributed by atoms with Crippen LogP contribution in [0.15, 0.2) is 0 Å². The summed E-state index contributed by atoms with van der Waals surface area (Å²) in [5, 5.41) is 0. The summed E-state index contributed by atoms with van der Waals surface area (Å²) in [5.74, 6) is 0.135. The Morgan fingerprint density at radius 2 is 1.91 bits per heavy atom. The molecule has 23 heavy (non-hydrogen) atoms. The molecule has 1 unspecified atom stereocenters. The van der Waals surface area contributed by atoms with Crippen molar-refractivity contribution in [1.82, 2.24) is 4.90 Å². The Kier molecular flexibility index (Phi) is 9.92. The summed E-state index contributed by atoms with van der Waals surface area (Å²) >= 11 is 0. The van der Waals surface area contributed by atoms with Gasteiger partial charge in [-0.2, -0.15) is 0 Å². The maximum Gasteiger partial charge on any atom is 0.310 e. The van der Waals surface area contributed by atoms with Crippen LogP contribution in [0.4, 0.5) is 0 Å². The molecule has 0 aromatic heterocycles. The van der Waals surface area contributed by atoms with Crippen molar-refractivity contribution in [3.05, 3.63) is 0 Å². The van der Waals surface area contributed by atoms with Crippen molar-refractivity contribution in [2.75, 3.05) is 33.4 Å². The van der Waals surface area contributed by atoms with E-state index < -0.39 is 0 Å². The first-order valence-corrected chi connectivity index (χ1v) is 9.01. The molecule has 1 aliphatic rings. The quantitative estimate of drug-likeness (QED) is 0.457. The molecule has 0 spiro atoms. The van der Waals surface area contributed by atoms with Crippen LogP contribution in [0.3, 0.4) is 0 Å². The molecule has 134 valence electrons. The molecule has 1 aliphatic carbocycles. The van der Waals surface area contributed by atoms with E-state index in [1.807, 2.05) is 18.7 Å². The van der Waals surface area contributed by atoms with Crippen molar-refractivity contribution in [1.29, 1.82) is 0 Å². The summed E-state index contributed by atoms with van der Waals surface area (Å²) in [7, 11) is 1.39. The first-order valence-electron chi connectivity index (χ1n) is 9.01. The van der Waals surface area contributed by atoms with Crippen molar-refractivity contribution in [3.63, 3.8) is 0 Å². The van der Waals surface area contributed by atoms with Gasteiger partial charge in [0.15, 0.2) is 0 Å². The predicted molar refractivity (Wildman–Crippen MR) is 90.1 cm³/mol. The number of ether oxygens (including phenoxy) is 2. The van der Waals surface area contributed by atoms with E-state index in [0.29, 0.717) is 38.6 Å². The zero-order chi connectivity index (χ0) is 17.1. The maximum atomic E-state index is 12.7. The normalized spacial score (nSPS) is 16.8. The SMILES string of the molecule is CCOCCCN(CC(C)C(=O)OC)C(=O)CC1CCCCC1. The molecular weight excluding hydrogens is 294 g/mol. The van der Waals surface area contributed by atoms with Gasteiger partial charge in [-0.1, -0.05) is 26.2 Å². The van der Waals surface area contributed by atoms with Gasteiger partial charge in [0.2, 0.25) is 5.91 Å². The lowest BCUT2D eigenvalue weighted by Gasteiger charge is -2.28. The molecule has 1 amide bonds. The molecular formula is C18H33NO4. The van der Waals surface area contributed by atoms with E-state index in [1.165, 1.54) is 26.4 Å². The fourth-order valence-corrected chi connectivity index (χ4v) is 3.19. The third-order valence-corrected chi connectivity index (χ3v) is 4.56. The van der Waals surface area contributed by atoms with E-state index >= 15 is 0 Å². The Morgan fingerprint density at radius 3 is 2.52 bits per heavy atom. The minimum absolute atomic E-state index is 0.171. The number of carbonyl (C=O) groups is 2. The van der Waals surface area contributed by atoms with Crippen LogP contribution in [0.25, 0.3) is 0 Å². The van der Waals surface area contributed by atoms with Crippen LogP contribution in [0.2, 0.25) is 0 Å². The number of amides is 1. The van der Waals surface area contributed by atoms with Crippen LogP contribution in [0, 0.1) is 11.8 Å². The van der Waals surface area contributed by atoms with Gasteiger partial charge in [0, 0.05) is 32.7 Å². The Hall–Kier alpha value is -1.10. The van der Waals surface area contributed by atoms with Gasteiger partial charge in [0.05, 0.1) is 13.0 Å². The van der Waals surface area contributed by atoms with E-state index in [1.54, 1.807) is 0 Å². The first kappa shape index (κ1) is 19.9. The van der Waals surface area contributed by atoms with Crippen LogP contribution in [0.1, 0.15) is 58.8 Å². The minimum Gasteiger partial charge on any atom is -0.469 e. The van der Waals surface area contributed by atoms with Gasteiger partial charge >= 0.3 is 5.97 Å². The molecule has 0 N–H and O–H groups in total. The molecule has 0 bridgehead atoms. The third-order valence-electron chi connectivity index (χ3n) is 4.56. The Morgan fingerprint density at radius 1 is 1.22 bits per heavy atom. The van der Waals surface area contributed by atoms with Crippen LogP contribution in [-0.4, -0.2) is 50.2 Å². The van der Waals surface area contributed by atoms with Crippen LogP contribution in [-0.2, 0) is 19.1 Å². The lowest BCUT2D eigenvalue weighted by molar-refractivity contribution is -0.146. The summed E-state index contributed by atoms with van der Waals surface area (Å²) in [4.78, 5) is 26.1. The fraction of sp³-hybridized carbons (Fsp3) is 0.889. The van der Waals surface area contributed by atoms with Crippen LogP contribution >= 0.6 is 0 Å². The van der Waals surface area contributed by atoms with Crippen molar-refractivity contribution >= 4 is 11.9 Å². The smallest absolute Gasteiger partial charge is 0.310 e. The predicted octanol–water partition coefficient (Wildman–Crippen LogP) is 3.02. The van der Waals surface area contributed by atoms with Gasteiger partial charge in [0.25, 0.3) is 0 Å². The zero-order valence-corrected chi connectivity index (χ0v) is 15.0. The third kappa shape index (κ3) is 7.82. The van der Waals surface area contributed by atoms with Crippen molar-refractivity contribution in [3.8, 4) is 0 Å². The number of hydrogen-bond donors (Lipinski definition) is 0. The van der Waals surface area contributed by atoms with E-state index in [-0.39, 0.29) is 17.8 Å². The molecule has 0 aromatic rings. The van der Waals surface area contributed by atoms with Crippen LogP contribution in [0.5, 0.6) is 0 Å². The van der Waals surface area contributed by atoms with Gasteiger partial charge in [-0.15, -0.1) is 0 Å². The standard InChI is InChI=1S/C18H33NO4/c1-4-23-12-8-11-19(14-15(2)18(21)22-3)17(20)13-16-9-6-5-7-10-16/h15-16H,4-14H2,1-3H3. The zero-order valence-electron chi connectivity index (χ0n) is 15.0. The Labute approximate surface area is 140 Å². The average Bonchev–Trinajstić information content (AvgIpc) is 2.57. The van der Waals surface area contributed by atoms with E-state index in [0.717, 1.165) is 19.3 Å². The second kappa shape index (κ2) is 11.4. The number of rotatable bonds is 10. The molecule has 5 heteroatoms. The van der Waals surface area contributed by atoms with Crippen LogP contribution < -0.4 is 0 Å². The van der Waals surface area contributed by atoms with Gasteiger partial charge in [-0.05, 0) is 32.1 Å². The molecule has 5 nitrogen and oxygen atoms in total. The lowest BCUT2D eigenvalue weighted by Crippen LogP contribution is -2.39. The highest BCUT2D eigenvalue weighted by atomic mass is 16.5. The average molecular weight is 327 g/mol. The Bertz CT molecular complexity index is 353. The molecule has 1 atom stereocenters. The molecule has 0 saturated heterocycles. The molecule has 1 fully saturated rings. The van der Waals surface area contributed by atoms with Gasteiger partial charge < -0.3 is 14.4 Å². The molecule has 1 rings (SSSR count). The number of carbonyl (C=O) groups excluding carboxylic acids is 2. The molecule has 0 heterocycles. The number of esters is 1. The minimum atomic E-state index is -0.289.